The highest BCUT2D eigenvalue weighted by Crippen LogP contribution is 2.33. The molecule has 1 N–H and O–H groups in total. The first-order chi connectivity index (χ1) is 11.1. The summed E-state index contributed by atoms with van der Waals surface area (Å²) in [6.45, 7) is 4.06. The van der Waals surface area contributed by atoms with E-state index in [1.165, 1.54) is 0 Å². The third-order valence-electron chi connectivity index (χ3n) is 3.51. The minimum Gasteiger partial charge on any atom is -0.504 e. The van der Waals surface area contributed by atoms with E-state index in [1.807, 2.05) is 44.3 Å². The van der Waals surface area contributed by atoms with Crippen molar-refractivity contribution in [1.29, 1.82) is 0 Å². The largest absolute Gasteiger partial charge is 0.504 e. The molecule has 1 aromatic carbocycles. The highest BCUT2D eigenvalue weighted by Gasteiger charge is 2.17. The van der Waals surface area contributed by atoms with Crippen LogP contribution in [0.15, 0.2) is 52.8 Å². The van der Waals surface area contributed by atoms with Crippen LogP contribution in [0.25, 0.3) is 5.65 Å². The molecule has 2 aromatic heterocycles. The average Bonchev–Trinajstić information content (AvgIpc) is 2.93. The molecule has 118 valence electrons. The number of hydrogen-bond donors (Lipinski definition) is 1. The predicted octanol–water partition coefficient (Wildman–Crippen LogP) is 4.59. The highest BCUT2D eigenvalue weighted by molar-refractivity contribution is 5.61. The lowest BCUT2D eigenvalue weighted by atomic mass is 10.1. The molecule has 2 heterocycles. The Hall–Kier alpha value is -2.89. The molecule has 6 heteroatoms. The normalized spacial score (nSPS) is 11.7. The quantitative estimate of drug-likeness (QED) is 0.716. The predicted molar refractivity (Wildman–Crippen MR) is 88.1 cm³/mol. The molecule has 0 aliphatic carbocycles. The van der Waals surface area contributed by atoms with Gasteiger partial charge in [0.1, 0.15) is 11.4 Å². The zero-order valence-electron chi connectivity index (χ0n) is 13.3. The first-order valence-corrected chi connectivity index (χ1v) is 7.36. The maximum atomic E-state index is 9.98. The Bertz CT molecular complexity index is 868. The fraction of sp³-hybridized carbons (Fsp3) is 0.235. The molecule has 3 rings (SSSR count). The number of aromatic hydroxyl groups is 1. The van der Waals surface area contributed by atoms with Gasteiger partial charge in [-0.05, 0) is 30.2 Å². The van der Waals surface area contributed by atoms with Crippen molar-refractivity contribution in [3.63, 3.8) is 0 Å². The number of para-hydroxylation sites is 1. The standard InChI is InChI=1S/C17H18N4O2/c1-11(2)15-17(21-10-6-8-13(22)16(21)18-15)20-19-12-7-4-5-9-14(12)23-3/h4-11,22H,1-3H3. The number of rotatable bonds is 4. The third-order valence-corrected chi connectivity index (χ3v) is 3.51. The van der Waals surface area contributed by atoms with Gasteiger partial charge < -0.3 is 9.84 Å². The van der Waals surface area contributed by atoms with Crippen LogP contribution in [0.3, 0.4) is 0 Å². The number of ether oxygens (including phenoxy) is 1. The molecule has 0 aliphatic rings. The monoisotopic (exact) mass is 310 g/mol. The second kappa shape index (κ2) is 6.08. The molecule has 0 fully saturated rings. The summed E-state index contributed by atoms with van der Waals surface area (Å²) in [4.78, 5) is 4.49. The van der Waals surface area contributed by atoms with Crippen LogP contribution in [0, 0.1) is 0 Å². The molecule has 23 heavy (non-hydrogen) atoms. The van der Waals surface area contributed by atoms with Gasteiger partial charge in [0, 0.05) is 6.20 Å². The van der Waals surface area contributed by atoms with Crippen molar-refractivity contribution in [2.75, 3.05) is 7.11 Å². The summed E-state index contributed by atoms with van der Waals surface area (Å²) < 4.78 is 7.02. The minimum atomic E-state index is 0.119. The second-order valence-electron chi connectivity index (χ2n) is 5.43. The number of aromatic nitrogens is 2. The molecule has 0 saturated carbocycles. The molecular formula is C17H18N4O2. The van der Waals surface area contributed by atoms with Gasteiger partial charge in [-0.1, -0.05) is 26.0 Å². The van der Waals surface area contributed by atoms with Crippen molar-refractivity contribution in [2.45, 2.75) is 19.8 Å². The Labute approximate surface area is 134 Å². The number of pyridine rings is 1. The number of fused-ring (bicyclic) bond motifs is 1. The Morgan fingerprint density at radius 1 is 1.13 bits per heavy atom. The molecular weight excluding hydrogens is 292 g/mol. The van der Waals surface area contributed by atoms with Crippen LogP contribution in [-0.4, -0.2) is 21.6 Å². The van der Waals surface area contributed by atoms with Crippen LogP contribution in [0.4, 0.5) is 11.5 Å². The van der Waals surface area contributed by atoms with Crippen molar-refractivity contribution < 1.29 is 9.84 Å². The number of methoxy groups -OCH3 is 1. The van der Waals surface area contributed by atoms with Gasteiger partial charge in [-0.2, -0.15) is 0 Å². The first kappa shape index (κ1) is 15.0. The van der Waals surface area contributed by atoms with E-state index in [2.05, 4.69) is 15.2 Å². The van der Waals surface area contributed by atoms with Gasteiger partial charge in [0.15, 0.2) is 17.2 Å². The molecule has 0 atom stereocenters. The molecule has 0 aliphatic heterocycles. The zero-order valence-corrected chi connectivity index (χ0v) is 13.3. The van der Waals surface area contributed by atoms with E-state index in [4.69, 9.17) is 4.74 Å². The second-order valence-corrected chi connectivity index (χ2v) is 5.43. The summed E-state index contributed by atoms with van der Waals surface area (Å²) in [6, 6.07) is 10.8. The smallest absolute Gasteiger partial charge is 0.183 e. The average molecular weight is 310 g/mol. The van der Waals surface area contributed by atoms with Crippen LogP contribution in [-0.2, 0) is 0 Å². The summed E-state index contributed by atoms with van der Waals surface area (Å²) >= 11 is 0. The van der Waals surface area contributed by atoms with Crippen molar-refractivity contribution in [2.24, 2.45) is 10.2 Å². The minimum absolute atomic E-state index is 0.119. The van der Waals surface area contributed by atoms with Gasteiger partial charge in [0.05, 0.1) is 12.8 Å². The molecule has 3 aromatic rings. The molecule has 6 nitrogen and oxygen atoms in total. The SMILES string of the molecule is COc1ccccc1N=Nc1c(C(C)C)nc2c(O)cccn12. The summed E-state index contributed by atoms with van der Waals surface area (Å²) in [6.07, 6.45) is 1.81. The van der Waals surface area contributed by atoms with E-state index < -0.39 is 0 Å². The summed E-state index contributed by atoms with van der Waals surface area (Å²) in [7, 11) is 1.60. The maximum Gasteiger partial charge on any atom is 0.183 e. The van der Waals surface area contributed by atoms with Crippen LogP contribution in [0.2, 0.25) is 0 Å². The lowest BCUT2D eigenvalue weighted by molar-refractivity contribution is 0.416. The Balaban J connectivity index is 2.13. The topological polar surface area (TPSA) is 71.5 Å². The van der Waals surface area contributed by atoms with Crippen LogP contribution in [0.5, 0.6) is 11.5 Å². The Kier molecular flexibility index (Phi) is 3.97. The van der Waals surface area contributed by atoms with Crippen LogP contribution in [0.1, 0.15) is 25.5 Å². The fourth-order valence-corrected chi connectivity index (χ4v) is 2.36. The summed E-state index contributed by atoms with van der Waals surface area (Å²) in [5, 5.41) is 18.7. The first-order valence-electron chi connectivity index (χ1n) is 7.36. The van der Waals surface area contributed by atoms with Gasteiger partial charge in [-0.25, -0.2) is 4.98 Å². The van der Waals surface area contributed by atoms with Gasteiger partial charge in [0.2, 0.25) is 0 Å². The zero-order chi connectivity index (χ0) is 16.4. The maximum absolute atomic E-state index is 9.98. The van der Waals surface area contributed by atoms with E-state index >= 15 is 0 Å². The fourth-order valence-electron chi connectivity index (χ4n) is 2.36. The number of azo groups is 1. The summed E-state index contributed by atoms with van der Waals surface area (Å²) in [5.74, 6) is 1.53. The molecule has 0 saturated heterocycles. The Morgan fingerprint density at radius 2 is 1.91 bits per heavy atom. The molecule has 0 spiro atoms. The highest BCUT2D eigenvalue weighted by atomic mass is 16.5. The Morgan fingerprint density at radius 3 is 2.65 bits per heavy atom. The van der Waals surface area contributed by atoms with Gasteiger partial charge >= 0.3 is 0 Å². The number of nitrogens with zero attached hydrogens (tertiary/aromatic N) is 4. The van der Waals surface area contributed by atoms with E-state index in [1.54, 1.807) is 23.6 Å². The van der Waals surface area contributed by atoms with Crippen molar-refractivity contribution in [3.05, 3.63) is 48.3 Å². The molecule has 0 unspecified atom stereocenters. The van der Waals surface area contributed by atoms with Crippen molar-refractivity contribution >= 4 is 17.2 Å². The lowest BCUT2D eigenvalue weighted by Gasteiger charge is -2.03. The number of hydrogen-bond acceptors (Lipinski definition) is 5. The van der Waals surface area contributed by atoms with Crippen LogP contribution >= 0.6 is 0 Å². The van der Waals surface area contributed by atoms with E-state index in [0.717, 1.165) is 5.69 Å². The van der Waals surface area contributed by atoms with Gasteiger partial charge in [0.25, 0.3) is 0 Å². The van der Waals surface area contributed by atoms with Crippen LogP contribution < -0.4 is 4.74 Å². The van der Waals surface area contributed by atoms with E-state index in [9.17, 15) is 5.11 Å². The molecule has 0 radical (unpaired) electrons. The lowest BCUT2D eigenvalue weighted by Crippen LogP contribution is -1.87. The van der Waals surface area contributed by atoms with Crippen molar-refractivity contribution in [1.82, 2.24) is 9.38 Å². The van der Waals surface area contributed by atoms with Crippen molar-refractivity contribution in [3.8, 4) is 11.5 Å². The number of imidazole rings is 1. The molecule has 0 bridgehead atoms. The third kappa shape index (κ3) is 2.75. The summed E-state index contributed by atoms with van der Waals surface area (Å²) in [5.41, 5.74) is 1.90. The van der Waals surface area contributed by atoms with E-state index in [0.29, 0.717) is 22.9 Å². The van der Waals surface area contributed by atoms with E-state index in [-0.39, 0.29) is 11.7 Å². The number of benzene rings is 1. The van der Waals surface area contributed by atoms with Gasteiger partial charge in [-0.15, -0.1) is 10.2 Å². The molecule has 0 amide bonds. The van der Waals surface area contributed by atoms with Gasteiger partial charge in [-0.3, -0.25) is 4.40 Å².